The Kier molecular flexibility index (Phi) is 4.64. The average molecular weight is 319 g/mol. The zero-order valence-electron chi connectivity index (χ0n) is 13.6. The standard InChI is InChI=1S/C17H25N3OS/c1-12-14(5-4-6-16(12)22-3)18-17(21)20-10-8-13-7-9-19(2)11-15(13)20/h4-6,13,15H,7-11H2,1-3H3,(H,18,21)/t13-,15-/m0/s1. The number of fused-ring (bicyclic) bond motifs is 1. The number of piperidine rings is 1. The van der Waals surface area contributed by atoms with Gasteiger partial charge in [0.25, 0.3) is 0 Å². The lowest BCUT2D eigenvalue weighted by molar-refractivity contribution is 0.137. The van der Waals surface area contributed by atoms with Gasteiger partial charge in [0.15, 0.2) is 0 Å². The van der Waals surface area contributed by atoms with Crippen molar-refractivity contribution in [3.63, 3.8) is 0 Å². The number of nitrogens with one attached hydrogen (secondary N) is 1. The average Bonchev–Trinajstić information content (AvgIpc) is 2.92. The predicted molar refractivity (Wildman–Crippen MR) is 92.7 cm³/mol. The Hall–Kier alpha value is -1.20. The molecule has 3 rings (SSSR count). The van der Waals surface area contributed by atoms with E-state index in [9.17, 15) is 4.79 Å². The normalized spacial score (nSPS) is 25.1. The van der Waals surface area contributed by atoms with Gasteiger partial charge in [-0.1, -0.05) is 6.07 Å². The van der Waals surface area contributed by atoms with Crippen LogP contribution in [0.1, 0.15) is 18.4 Å². The van der Waals surface area contributed by atoms with Crippen LogP contribution in [0.2, 0.25) is 0 Å². The van der Waals surface area contributed by atoms with Crippen LogP contribution in [0, 0.1) is 12.8 Å². The molecule has 0 unspecified atom stereocenters. The first kappa shape index (κ1) is 15.7. The van der Waals surface area contributed by atoms with Crippen LogP contribution in [0.15, 0.2) is 23.1 Å². The molecule has 4 nitrogen and oxygen atoms in total. The highest BCUT2D eigenvalue weighted by Crippen LogP contribution is 2.32. The Balaban J connectivity index is 1.72. The van der Waals surface area contributed by atoms with E-state index in [1.54, 1.807) is 11.8 Å². The Labute approximate surface area is 137 Å². The van der Waals surface area contributed by atoms with Crippen LogP contribution in [0.3, 0.4) is 0 Å². The SMILES string of the molecule is CSc1cccc(NC(=O)N2CC[C@@H]3CCN(C)C[C@@H]32)c1C. The maximum Gasteiger partial charge on any atom is 0.322 e. The molecule has 0 aliphatic carbocycles. The second kappa shape index (κ2) is 6.50. The maximum absolute atomic E-state index is 12.7. The zero-order valence-corrected chi connectivity index (χ0v) is 14.4. The van der Waals surface area contributed by atoms with Crippen molar-refractivity contribution in [3.8, 4) is 0 Å². The second-order valence-corrected chi connectivity index (χ2v) is 7.27. The molecule has 1 aromatic carbocycles. The van der Waals surface area contributed by atoms with Crippen molar-refractivity contribution >= 4 is 23.5 Å². The zero-order chi connectivity index (χ0) is 15.7. The first-order chi connectivity index (χ1) is 10.6. The first-order valence-corrected chi connectivity index (χ1v) is 9.22. The van der Waals surface area contributed by atoms with E-state index in [2.05, 4.69) is 36.5 Å². The Morgan fingerprint density at radius 3 is 2.86 bits per heavy atom. The molecule has 2 saturated heterocycles. The van der Waals surface area contributed by atoms with Gasteiger partial charge in [0.2, 0.25) is 0 Å². The molecule has 0 radical (unpaired) electrons. The fourth-order valence-electron chi connectivity index (χ4n) is 3.71. The van der Waals surface area contributed by atoms with Crippen LogP contribution in [-0.4, -0.2) is 54.8 Å². The quantitative estimate of drug-likeness (QED) is 0.850. The van der Waals surface area contributed by atoms with Gasteiger partial charge in [-0.15, -0.1) is 11.8 Å². The number of amides is 2. The summed E-state index contributed by atoms with van der Waals surface area (Å²) in [6.07, 6.45) is 4.43. The molecule has 5 heteroatoms. The third kappa shape index (κ3) is 2.97. The second-order valence-electron chi connectivity index (χ2n) is 6.42. The van der Waals surface area contributed by atoms with E-state index in [1.807, 2.05) is 17.0 Å². The summed E-state index contributed by atoms with van der Waals surface area (Å²) in [4.78, 5) is 18.3. The molecule has 2 fully saturated rings. The Bertz CT molecular complexity index is 563. The van der Waals surface area contributed by atoms with Crippen molar-refractivity contribution in [1.82, 2.24) is 9.80 Å². The summed E-state index contributed by atoms with van der Waals surface area (Å²) < 4.78 is 0. The molecule has 0 aromatic heterocycles. The molecule has 2 amide bonds. The van der Waals surface area contributed by atoms with Crippen molar-refractivity contribution in [3.05, 3.63) is 23.8 Å². The predicted octanol–water partition coefficient (Wildman–Crippen LogP) is 3.27. The summed E-state index contributed by atoms with van der Waals surface area (Å²) >= 11 is 1.72. The van der Waals surface area contributed by atoms with Crippen LogP contribution in [0.5, 0.6) is 0 Å². The molecule has 2 aliphatic heterocycles. The fourth-order valence-corrected chi connectivity index (χ4v) is 4.34. The number of likely N-dealkylation sites (N-methyl/N-ethyl adjacent to an activating group) is 1. The van der Waals surface area contributed by atoms with E-state index >= 15 is 0 Å². The van der Waals surface area contributed by atoms with E-state index in [4.69, 9.17) is 0 Å². The van der Waals surface area contributed by atoms with Crippen molar-refractivity contribution in [2.45, 2.75) is 30.7 Å². The molecule has 0 saturated carbocycles. The lowest BCUT2D eigenvalue weighted by atomic mass is 9.92. The monoisotopic (exact) mass is 319 g/mol. The summed E-state index contributed by atoms with van der Waals surface area (Å²) in [7, 11) is 2.15. The minimum absolute atomic E-state index is 0.0594. The molecule has 2 atom stereocenters. The smallest absolute Gasteiger partial charge is 0.320 e. The number of hydrogen-bond donors (Lipinski definition) is 1. The number of rotatable bonds is 2. The number of thioether (sulfide) groups is 1. The summed E-state index contributed by atoms with van der Waals surface area (Å²) in [5.41, 5.74) is 2.09. The third-order valence-electron chi connectivity index (χ3n) is 5.07. The number of urea groups is 1. The van der Waals surface area contributed by atoms with Crippen molar-refractivity contribution in [2.24, 2.45) is 5.92 Å². The lowest BCUT2D eigenvalue weighted by Crippen LogP contribution is -2.49. The van der Waals surface area contributed by atoms with Gasteiger partial charge in [0, 0.05) is 29.7 Å². The van der Waals surface area contributed by atoms with Crippen LogP contribution in [0.25, 0.3) is 0 Å². The largest absolute Gasteiger partial charge is 0.322 e. The molecule has 120 valence electrons. The van der Waals surface area contributed by atoms with Crippen molar-refractivity contribution < 1.29 is 4.79 Å². The highest BCUT2D eigenvalue weighted by atomic mass is 32.2. The Morgan fingerprint density at radius 2 is 2.09 bits per heavy atom. The molecule has 2 aliphatic rings. The molecule has 22 heavy (non-hydrogen) atoms. The lowest BCUT2D eigenvalue weighted by Gasteiger charge is -2.36. The highest BCUT2D eigenvalue weighted by molar-refractivity contribution is 7.98. The van der Waals surface area contributed by atoms with Gasteiger partial charge in [-0.25, -0.2) is 4.79 Å². The summed E-state index contributed by atoms with van der Waals surface area (Å²) in [5, 5.41) is 3.13. The maximum atomic E-state index is 12.7. The number of nitrogens with zero attached hydrogens (tertiary/aromatic N) is 2. The number of carbonyl (C=O) groups excluding carboxylic acids is 1. The number of anilines is 1. The van der Waals surface area contributed by atoms with Gasteiger partial charge in [0.1, 0.15) is 0 Å². The molecular weight excluding hydrogens is 294 g/mol. The van der Waals surface area contributed by atoms with Crippen LogP contribution in [0.4, 0.5) is 10.5 Å². The van der Waals surface area contributed by atoms with E-state index in [-0.39, 0.29) is 6.03 Å². The van der Waals surface area contributed by atoms with Gasteiger partial charge in [0.05, 0.1) is 0 Å². The number of benzene rings is 1. The third-order valence-corrected chi connectivity index (χ3v) is 5.95. The van der Waals surface area contributed by atoms with E-state index in [1.165, 1.54) is 11.3 Å². The summed E-state index contributed by atoms with van der Waals surface area (Å²) in [6, 6.07) is 6.53. The molecule has 0 bridgehead atoms. The minimum Gasteiger partial charge on any atom is -0.320 e. The van der Waals surface area contributed by atoms with Gasteiger partial charge < -0.3 is 15.1 Å². The highest BCUT2D eigenvalue weighted by Gasteiger charge is 2.39. The van der Waals surface area contributed by atoms with E-state index in [0.29, 0.717) is 12.0 Å². The topological polar surface area (TPSA) is 35.6 Å². The van der Waals surface area contributed by atoms with Crippen LogP contribution in [-0.2, 0) is 0 Å². The van der Waals surface area contributed by atoms with E-state index < -0.39 is 0 Å². The first-order valence-electron chi connectivity index (χ1n) is 8.00. The molecule has 0 spiro atoms. The minimum atomic E-state index is 0.0594. The number of hydrogen-bond acceptors (Lipinski definition) is 3. The number of likely N-dealkylation sites (tertiary alicyclic amines) is 2. The van der Waals surface area contributed by atoms with Crippen LogP contribution >= 0.6 is 11.8 Å². The van der Waals surface area contributed by atoms with Gasteiger partial charge in [-0.2, -0.15) is 0 Å². The van der Waals surface area contributed by atoms with Crippen molar-refractivity contribution in [2.75, 3.05) is 38.3 Å². The Morgan fingerprint density at radius 1 is 1.32 bits per heavy atom. The van der Waals surface area contributed by atoms with E-state index in [0.717, 1.165) is 37.3 Å². The van der Waals surface area contributed by atoms with Gasteiger partial charge in [-0.05, 0) is 63.2 Å². The molecule has 2 heterocycles. The van der Waals surface area contributed by atoms with Crippen LogP contribution < -0.4 is 5.32 Å². The molecule has 1 N–H and O–H groups in total. The molecule has 1 aromatic rings. The number of carbonyl (C=O) groups is 1. The molecular formula is C17H25N3OS. The van der Waals surface area contributed by atoms with Gasteiger partial charge in [-0.3, -0.25) is 0 Å². The fraction of sp³-hybridized carbons (Fsp3) is 0.588. The van der Waals surface area contributed by atoms with Gasteiger partial charge >= 0.3 is 6.03 Å². The van der Waals surface area contributed by atoms with Crippen molar-refractivity contribution in [1.29, 1.82) is 0 Å². The summed E-state index contributed by atoms with van der Waals surface area (Å²) in [5.74, 6) is 0.681. The summed E-state index contributed by atoms with van der Waals surface area (Å²) in [6.45, 7) is 5.12.